The van der Waals surface area contributed by atoms with Crippen LogP contribution in [0.4, 0.5) is 0 Å². The lowest BCUT2D eigenvalue weighted by atomic mass is 10.2. The van der Waals surface area contributed by atoms with Gasteiger partial charge in [-0.1, -0.05) is 0 Å². The lowest BCUT2D eigenvalue weighted by Crippen LogP contribution is -2.11. The summed E-state index contributed by atoms with van der Waals surface area (Å²) in [6.07, 6.45) is -0.109. The number of rotatable bonds is 2. The third-order valence-electron chi connectivity index (χ3n) is 1.83. The van der Waals surface area contributed by atoms with E-state index in [4.69, 9.17) is 4.74 Å². The van der Waals surface area contributed by atoms with E-state index in [9.17, 15) is 4.79 Å². The van der Waals surface area contributed by atoms with Crippen LogP contribution >= 0.6 is 11.7 Å². The molecule has 0 aliphatic rings. The van der Waals surface area contributed by atoms with Crippen LogP contribution < -0.4 is 0 Å². The average molecular weight is 222 g/mol. The molecule has 0 fully saturated rings. The summed E-state index contributed by atoms with van der Waals surface area (Å²) >= 11 is 1.14. The molecule has 0 aliphatic heterocycles. The highest BCUT2D eigenvalue weighted by Crippen LogP contribution is 2.14. The molecule has 15 heavy (non-hydrogen) atoms. The molecule has 2 rings (SSSR count). The standard InChI is InChI=1S/C10H10N2O2S/c1-6(2)14-10(13)7-3-4-8-9(5-7)12-15-11-8/h3-6H,1-2H3. The lowest BCUT2D eigenvalue weighted by molar-refractivity contribution is 0.0378. The molecule has 5 heteroatoms. The van der Waals surface area contributed by atoms with Crippen molar-refractivity contribution in [2.45, 2.75) is 20.0 Å². The summed E-state index contributed by atoms with van der Waals surface area (Å²) in [7, 11) is 0. The quantitative estimate of drug-likeness (QED) is 0.731. The molecular weight excluding hydrogens is 212 g/mol. The van der Waals surface area contributed by atoms with Gasteiger partial charge >= 0.3 is 5.97 Å². The third-order valence-corrected chi connectivity index (χ3v) is 2.39. The van der Waals surface area contributed by atoms with Crippen molar-refractivity contribution in [3.63, 3.8) is 0 Å². The van der Waals surface area contributed by atoms with Gasteiger partial charge in [-0.15, -0.1) is 0 Å². The number of benzene rings is 1. The molecule has 4 nitrogen and oxygen atoms in total. The summed E-state index contributed by atoms with van der Waals surface area (Å²) in [5.74, 6) is -0.320. The largest absolute Gasteiger partial charge is 0.459 e. The molecule has 1 aromatic heterocycles. The number of carbonyl (C=O) groups is 1. The summed E-state index contributed by atoms with van der Waals surface area (Å²) in [6, 6.07) is 5.17. The Hall–Kier alpha value is -1.49. The molecule has 0 N–H and O–H groups in total. The SMILES string of the molecule is CC(C)OC(=O)c1ccc2nsnc2c1. The van der Waals surface area contributed by atoms with E-state index in [0.717, 1.165) is 22.8 Å². The van der Waals surface area contributed by atoms with Crippen LogP contribution in [-0.2, 0) is 4.74 Å². The van der Waals surface area contributed by atoms with Gasteiger partial charge in [0.15, 0.2) is 0 Å². The minimum Gasteiger partial charge on any atom is -0.459 e. The molecule has 0 saturated carbocycles. The fourth-order valence-electron chi connectivity index (χ4n) is 1.19. The molecule has 2 aromatic rings. The van der Waals surface area contributed by atoms with Gasteiger partial charge in [-0.3, -0.25) is 0 Å². The molecule has 0 aliphatic carbocycles. The number of nitrogens with zero attached hydrogens (tertiary/aromatic N) is 2. The zero-order valence-electron chi connectivity index (χ0n) is 8.43. The molecule has 1 heterocycles. The van der Waals surface area contributed by atoms with Gasteiger partial charge in [0.05, 0.1) is 23.4 Å². The first-order chi connectivity index (χ1) is 7.16. The Morgan fingerprint density at radius 3 is 2.80 bits per heavy atom. The second-order valence-electron chi connectivity index (χ2n) is 3.42. The van der Waals surface area contributed by atoms with Crippen molar-refractivity contribution < 1.29 is 9.53 Å². The van der Waals surface area contributed by atoms with Crippen molar-refractivity contribution >= 4 is 28.7 Å². The van der Waals surface area contributed by atoms with Crippen LogP contribution in [0.25, 0.3) is 11.0 Å². The van der Waals surface area contributed by atoms with Crippen LogP contribution in [0.3, 0.4) is 0 Å². The summed E-state index contributed by atoms with van der Waals surface area (Å²) in [5.41, 5.74) is 2.06. The van der Waals surface area contributed by atoms with Gasteiger partial charge in [0.1, 0.15) is 11.0 Å². The Balaban J connectivity index is 2.31. The van der Waals surface area contributed by atoms with Crippen molar-refractivity contribution in [2.75, 3.05) is 0 Å². The molecule has 0 atom stereocenters. The molecule has 0 radical (unpaired) electrons. The van der Waals surface area contributed by atoms with Crippen molar-refractivity contribution in [1.29, 1.82) is 0 Å². The van der Waals surface area contributed by atoms with Crippen LogP contribution in [0.2, 0.25) is 0 Å². The number of hydrogen-bond donors (Lipinski definition) is 0. The molecular formula is C10H10N2O2S. The van der Waals surface area contributed by atoms with E-state index in [-0.39, 0.29) is 12.1 Å². The van der Waals surface area contributed by atoms with Gasteiger partial charge < -0.3 is 4.74 Å². The van der Waals surface area contributed by atoms with Crippen molar-refractivity contribution in [3.8, 4) is 0 Å². The van der Waals surface area contributed by atoms with Crippen LogP contribution in [-0.4, -0.2) is 20.8 Å². The number of aromatic nitrogens is 2. The zero-order chi connectivity index (χ0) is 10.8. The first-order valence-electron chi connectivity index (χ1n) is 4.60. The van der Waals surface area contributed by atoms with Crippen molar-refractivity contribution in [1.82, 2.24) is 8.75 Å². The number of ether oxygens (including phenoxy) is 1. The highest BCUT2D eigenvalue weighted by Gasteiger charge is 2.10. The fourth-order valence-corrected chi connectivity index (χ4v) is 1.71. The molecule has 1 aromatic carbocycles. The summed E-state index contributed by atoms with van der Waals surface area (Å²) in [4.78, 5) is 11.6. The van der Waals surface area contributed by atoms with E-state index >= 15 is 0 Å². The molecule has 0 bridgehead atoms. The summed E-state index contributed by atoms with van der Waals surface area (Å²) in [6.45, 7) is 3.64. The smallest absolute Gasteiger partial charge is 0.338 e. The third kappa shape index (κ3) is 2.12. The second kappa shape index (κ2) is 3.94. The number of fused-ring (bicyclic) bond motifs is 1. The topological polar surface area (TPSA) is 52.1 Å². The molecule has 0 amide bonds. The molecule has 0 spiro atoms. The van der Waals surface area contributed by atoms with Gasteiger partial charge in [0, 0.05) is 0 Å². The summed E-state index contributed by atoms with van der Waals surface area (Å²) < 4.78 is 13.2. The van der Waals surface area contributed by atoms with Gasteiger partial charge in [0.2, 0.25) is 0 Å². The Kier molecular flexibility index (Phi) is 2.64. The minimum absolute atomic E-state index is 0.109. The Morgan fingerprint density at radius 1 is 1.33 bits per heavy atom. The van der Waals surface area contributed by atoms with E-state index in [1.807, 2.05) is 13.8 Å². The minimum atomic E-state index is -0.320. The predicted molar refractivity (Wildman–Crippen MR) is 58.0 cm³/mol. The molecule has 0 saturated heterocycles. The van der Waals surface area contributed by atoms with Crippen LogP contribution in [0, 0.1) is 0 Å². The van der Waals surface area contributed by atoms with E-state index < -0.39 is 0 Å². The van der Waals surface area contributed by atoms with E-state index in [1.165, 1.54) is 0 Å². The zero-order valence-corrected chi connectivity index (χ0v) is 9.25. The first-order valence-corrected chi connectivity index (χ1v) is 5.33. The van der Waals surface area contributed by atoms with Crippen LogP contribution in [0.5, 0.6) is 0 Å². The number of carbonyl (C=O) groups excluding carboxylic acids is 1. The number of esters is 1. The maximum Gasteiger partial charge on any atom is 0.338 e. The van der Waals surface area contributed by atoms with Gasteiger partial charge in [0.25, 0.3) is 0 Å². The van der Waals surface area contributed by atoms with E-state index in [0.29, 0.717) is 5.56 Å². The molecule has 0 unspecified atom stereocenters. The van der Waals surface area contributed by atoms with Crippen LogP contribution in [0.15, 0.2) is 18.2 Å². The maximum atomic E-state index is 11.6. The van der Waals surface area contributed by atoms with E-state index in [2.05, 4.69) is 8.75 Å². The lowest BCUT2D eigenvalue weighted by Gasteiger charge is -2.07. The van der Waals surface area contributed by atoms with Gasteiger partial charge in [-0.05, 0) is 32.0 Å². The predicted octanol–water partition coefficient (Wildman–Crippen LogP) is 2.26. The average Bonchev–Trinajstić information content (AvgIpc) is 2.62. The highest BCUT2D eigenvalue weighted by atomic mass is 32.1. The summed E-state index contributed by atoms with van der Waals surface area (Å²) in [5, 5.41) is 0. The Labute approximate surface area is 91.2 Å². The van der Waals surface area contributed by atoms with Gasteiger partial charge in [-0.25, -0.2) is 4.79 Å². The monoisotopic (exact) mass is 222 g/mol. The Bertz CT molecular complexity index is 493. The highest BCUT2D eigenvalue weighted by molar-refractivity contribution is 7.00. The second-order valence-corrected chi connectivity index (χ2v) is 3.95. The Morgan fingerprint density at radius 2 is 2.07 bits per heavy atom. The molecule has 78 valence electrons. The van der Waals surface area contributed by atoms with E-state index in [1.54, 1.807) is 18.2 Å². The van der Waals surface area contributed by atoms with Crippen LogP contribution in [0.1, 0.15) is 24.2 Å². The normalized spacial score (nSPS) is 10.9. The number of hydrogen-bond acceptors (Lipinski definition) is 5. The van der Waals surface area contributed by atoms with Gasteiger partial charge in [-0.2, -0.15) is 8.75 Å². The first kappa shape index (κ1) is 10.0. The van der Waals surface area contributed by atoms with Crippen molar-refractivity contribution in [3.05, 3.63) is 23.8 Å². The van der Waals surface area contributed by atoms with Crippen molar-refractivity contribution in [2.24, 2.45) is 0 Å². The maximum absolute atomic E-state index is 11.6. The fraction of sp³-hybridized carbons (Fsp3) is 0.300.